The Morgan fingerprint density at radius 1 is 1.31 bits per heavy atom. The molecule has 1 fully saturated rings. The Morgan fingerprint density at radius 2 is 1.92 bits per heavy atom. The van der Waals surface area contributed by atoms with Gasteiger partial charge in [0.1, 0.15) is 0 Å². The largest absolute Gasteiger partial charge is 0.379 e. The first-order valence-electron chi connectivity index (χ1n) is 5.31. The third-order valence-corrected chi connectivity index (χ3v) is 2.87. The highest BCUT2D eigenvalue weighted by Gasteiger charge is 2.20. The van der Waals surface area contributed by atoms with Gasteiger partial charge in [-0.25, -0.2) is 0 Å². The number of nitrogens with one attached hydrogen (secondary N) is 1. The van der Waals surface area contributed by atoms with Crippen molar-refractivity contribution in [2.24, 2.45) is 0 Å². The lowest BCUT2D eigenvalue weighted by molar-refractivity contribution is 0.0138. The summed E-state index contributed by atoms with van der Waals surface area (Å²) in [4.78, 5) is 2.50. The van der Waals surface area contributed by atoms with Gasteiger partial charge in [0.2, 0.25) is 0 Å². The number of hydrogen-bond donors (Lipinski definition) is 1. The first-order valence-corrected chi connectivity index (χ1v) is 5.31. The summed E-state index contributed by atoms with van der Waals surface area (Å²) in [5, 5.41) is 3.46. The van der Waals surface area contributed by atoms with E-state index in [0.29, 0.717) is 12.1 Å². The lowest BCUT2D eigenvalue weighted by atomic mass is 10.1. The molecular formula is C10H22N2O. The molecule has 0 spiro atoms. The van der Waals surface area contributed by atoms with Crippen LogP contribution in [-0.2, 0) is 4.74 Å². The molecule has 1 aliphatic heterocycles. The Bertz CT molecular complexity index is 135. The molecule has 0 aromatic heterocycles. The Labute approximate surface area is 81.4 Å². The topological polar surface area (TPSA) is 24.5 Å². The second-order valence-electron chi connectivity index (χ2n) is 3.74. The van der Waals surface area contributed by atoms with Crippen LogP contribution in [0, 0.1) is 0 Å². The van der Waals surface area contributed by atoms with E-state index >= 15 is 0 Å². The van der Waals surface area contributed by atoms with Gasteiger partial charge in [-0.1, -0.05) is 6.92 Å². The van der Waals surface area contributed by atoms with Gasteiger partial charge in [0.05, 0.1) is 13.2 Å². The quantitative estimate of drug-likeness (QED) is 0.699. The van der Waals surface area contributed by atoms with Crippen LogP contribution >= 0.6 is 0 Å². The highest BCUT2D eigenvalue weighted by Crippen LogP contribution is 2.06. The fourth-order valence-electron chi connectivity index (χ4n) is 1.79. The molecule has 0 saturated carbocycles. The van der Waals surface area contributed by atoms with E-state index in [4.69, 9.17) is 4.74 Å². The smallest absolute Gasteiger partial charge is 0.0594 e. The van der Waals surface area contributed by atoms with Crippen molar-refractivity contribution in [3.05, 3.63) is 0 Å². The van der Waals surface area contributed by atoms with Gasteiger partial charge in [-0.05, 0) is 20.4 Å². The zero-order valence-electron chi connectivity index (χ0n) is 9.05. The highest BCUT2D eigenvalue weighted by atomic mass is 16.5. The minimum Gasteiger partial charge on any atom is -0.379 e. The molecule has 1 rings (SSSR count). The van der Waals surface area contributed by atoms with Gasteiger partial charge in [-0.2, -0.15) is 0 Å². The van der Waals surface area contributed by atoms with Crippen LogP contribution in [0.5, 0.6) is 0 Å². The molecule has 0 aromatic rings. The maximum Gasteiger partial charge on any atom is 0.0594 e. The zero-order valence-corrected chi connectivity index (χ0v) is 9.05. The molecule has 78 valence electrons. The number of rotatable bonds is 4. The van der Waals surface area contributed by atoms with Crippen LogP contribution in [0.4, 0.5) is 0 Å². The van der Waals surface area contributed by atoms with Crippen molar-refractivity contribution in [2.45, 2.75) is 32.9 Å². The summed E-state index contributed by atoms with van der Waals surface area (Å²) in [6, 6.07) is 1.19. The first kappa shape index (κ1) is 11.0. The van der Waals surface area contributed by atoms with Crippen LogP contribution in [-0.4, -0.2) is 49.8 Å². The van der Waals surface area contributed by atoms with E-state index in [-0.39, 0.29) is 0 Å². The van der Waals surface area contributed by atoms with Crippen LogP contribution in [0.15, 0.2) is 0 Å². The van der Waals surface area contributed by atoms with E-state index in [1.165, 1.54) is 0 Å². The van der Waals surface area contributed by atoms with E-state index in [9.17, 15) is 0 Å². The third-order valence-electron chi connectivity index (χ3n) is 2.87. The predicted molar refractivity (Wildman–Crippen MR) is 55.0 cm³/mol. The average molecular weight is 186 g/mol. The molecule has 1 saturated heterocycles. The van der Waals surface area contributed by atoms with Crippen LogP contribution in [0.25, 0.3) is 0 Å². The maximum atomic E-state index is 5.33. The van der Waals surface area contributed by atoms with E-state index < -0.39 is 0 Å². The molecule has 0 bridgehead atoms. The molecule has 2 atom stereocenters. The number of morpholine rings is 1. The van der Waals surface area contributed by atoms with Crippen LogP contribution < -0.4 is 5.32 Å². The second kappa shape index (κ2) is 5.58. The minimum atomic E-state index is 0.572. The molecule has 0 amide bonds. The van der Waals surface area contributed by atoms with Gasteiger partial charge < -0.3 is 10.1 Å². The van der Waals surface area contributed by atoms with Crippen molar-refractivity contribution in [1.29, 1.82) is 0 Å². The van der Waals surface area contributed by atoms with E-state index in [1.807, 2.05) is 0 Å². The molecule has 3 heteroatoms. The summed E-state index contributed by atoms with van der Waals surface area (Å²) in [7, 11) is 0. The molecule has 2 unspecified atom stereocenters. The lowest BCUT2D eigenvalue weighted by Crippen LogP contribution is -2.50. The van der Waals surface area contributed by atoms with Crippen molar-refractivity contribution in [3.63, 3.8) is 0 Å². The molecular weight excluding hydrogens is 164 g/mol. The monoisotopic (exact) mass is 186 g/mol. The molecule has 0 aliphatic carbocycles. The summed E-state index contributed by atoms with van der Waals surface area (Å²) < 4.78 is 5.33. The zero-order chi connectivity index (χ0) is 9.68. The Hall–Kier alpha value is -0.120. The first-order chi connectivity index (χ1) is 6.25. The van der Waals surface area contributed by atoms with Crippen molar-refractivity contribution in [1.82, 2.24) is 10.2 Å². The summed E-state index contributed by atoms with van der Waals surface area (Å²) >= 11 is 0. The average Bonchev–Trinajstić information content (AvgIpc) is 2.18. The van der Waals surface area contributed by atoms with Gasteiger partial charge in [-0.15, -0.1) is 0 Å². The van der Waals surface area contributed by atoms with Crippen LogP contribution in [0.2, 0.25) is 0 Å². The normalized spacial score (nSPS) is 24.2. The molecule has 1 aliphatic rings. The molecule has 0 radical (unpaired) electrons. The van der Waals surface area contributed by atoms with Gasteiger partial charge >= 0.3 is 0 Å². The molecule has 1 heterocycles. The van der Waals surface area contributed by atoms with E-state index in [2.05, 4.69) is 31.0 Å². The fourth-order valence-corrected chi connectivity index (χ4v) is 1.79. The van der Waals surface area contributed by atoms with Gasteiger partial charge in [-0.3, -0.25) is 4.90 Å². The molecule has 3 nitrogen and oxygen atoms in total. The number of nitrogens with zero attached hydrogens (tertiary/aromatic N) is 1. The highest BCUT2D eigenvalue weighted by molar-refractivity contribution is 4.78. The SMILES string of the molecule is CCNC(C)C(C)N1CCOCC1. The molecule has 0 aromatic carbocycles. The van der Waals surface area contributed by atoms with Gasteiger partial charge in [0.15, 0.2) is 0 Å². The van der Waals surface area contributed by atoms with Crippen molar-refractivity contribution < 1.29 is 4.74 Å². The Morgan fingerprint density at radius 3 is 2.46 bits per heavy atom. The van der Waals surface area contributed by atoms with E-state index in [1.54, 1.807) is 0 Å². The summed E-state index contributed by atoms with van der Waals surface area (Å²) in [6.45, 7) is 11.7. The second-order valence-corrected chi connectivity index (χ2v) is 3.74. The number of likely N-dealkylation sites (N-methyl/N-ethyl adjacent to an activating group) is 1. The third kappa shape index (κ3) is 3.25. The van der Waals surface area contributed by atoms with Crippen LogP contribution in [0.1, 0.15) is 20.8 Å². The van der Waals surface area contributed by atoms with E-state index in [0.717, 1.165) is 32.8 Å². The summed E-state index contributed by atoms with van der Waals surface area (Å²) in [6.07, 6.45) is 0. The Kier molecular flexibility index (Phi) is 4.70. The minimum absolute atomic E-state index is 0.572. The summed E-state index contributed by atoms with van der Waals surface area (Å²) in [5.74, 6) is 0. The maximum absolute atomic E-state index is 5.33. The van der Waals surface area contributed by atoms with Crippen molar-refractivity contribution >= 4 is 0 Å². The number of ether oxygens (including phenoxy) is 1. The van der Waals surface area contributed by atoms with Crippen molar-refractivity contribution in [2.75, 3.05) is 32.8 Å². The fraction of sp³-hybridized carbons (Fsp3) is 1.00. The predicted octanol–water partition coefficient (Wildman–Crippen LogP) is 0.705. The lowest BCUT2D eigenvalue weighted by Gasteiger charge is -2.35. The number of hydrogen-bond acceptors (Lipinski definition) is 3. The van der Waals surface area contributed by atoms with Gasteiger partial charge in [0.25, 0.3) is 0 Å². The van der Waals surface area contributed by atoms with Crippen molar-refractivity contribution in [3.8, 4) is 0 Å². The molecule has 1 N–H and O–H groups in total. The standard InChI is InChI=1S/C10H22N2O/c1-4-11-9(2)10(3)12-5-7-13-8-6-12/h9-11H,4-8H2,1-3H3. The molecule has 13 heavy (non-hydrogen) atoms. The summed E-state index contributed by atoms with van der Waals surface area (Å²) in [5.41, 5.74) is 0. The Balaban J connectivity index is 2.31. The van der Waals surface area contributed by atoms with Crippen LogP contribution in [0.3, 0.4) is 0 Å². The van der Waals surface area contributed by atoms with Gasteiger partial charge in [0, 0.05) is 25.2 Å².